The fraction of sp³-hybridized carbons (Fsp3) is 0.231. The van der Waals surface area contributed by atoms with Crippen LogP contribution in [-0.2, 0) is 11.3 Å². The maximum Gasteiger partial charge on any atom is 0.351 e. The summed E-state index contributed by atoms with van der Waals surface area (Å²) < 4.78 is 4.66. The van der Waals surface area contributed by atoms with Gasteiger partial charge in [-0.3, -0.25) is 0 Å². The van der Waals surface area contributed by atoms with Crippen LogP contribution in [0, 0.1) is 0 Å². The molecule has 0 fully saturated rings. The third-order valence-electron chi connectivity index (χ3n) is 2.58. The van der Waals surface area contributed by atoms with Crippen LogP contribution in [0.4, 0.5) is 5.13 Å². The number of esters is 1. The van der Waals surface area contributed by atoms with E-state index in [1.165, 1.54) is 18.4 Å². The number of aromatic nitrogens is 1. The molecule has 0 aliphatic rings. The normalized spacial score (nSPS) is 10.4. The summed E-state index contributed by atoms with van der Waals surface area (Å²) in [6, 6.07) is 7.56. The lowest BCUT2D eigenvalue weighted by molar-refractivity contribution is 0.0606. The number of nitrogens with zero attached hydrogens (tertiary/aromatic N) is 2. The number of halogens is 2. The molecule has 4 nitrogen and oxygen atoms in total. The van der Waals surface area contributed by atoms with Crippen LogP contribution < -0.4 is 4.90 Å². The van der Waals surface area contributed by atoms with Crippen LogP contribution >= 0.6 is 34.5 Å². The van der Waals surface area contributed by atoms with Crippen LogP contribution in [0.25, 0.3) is 0 Å². The number of ether oxygens (including phenoxy) is 1. The van der Waals surface area contributed by atoms with Crippen molar-refractivity contribution in [3.8, 4) is 0 Å². The first kappa shape index (κ1) is 15.1. The van der Waals surface area contributed by atoms with Gasteiger partial charge in [0.1, 0.15) is 0 Å². The Morgan fingerprint density at radius 1 is 1.45 bits per heavy atom. The smallest absolute Gasteiger partial charge is 0.351 e. The van der Waals surface area contributed by atoms with Gasteiger partial charge in [0.25, 0.3) is 0 Å². The van der Waals surface area contributed by atoms with E-state index in [1.807, 2.05) is 36.2 Å². The van der Waals surface area contributed by atoms with E-state index in [0.717, 1.165) is 5.56 Å². The highest BCUT2D eigenvalue weighted by Crippen LogP contribution is 2.30. The van der Waals surface area contributed by atoms with Gasteiger partial charge in [-0.2, -0.15) is 0 Å². The molecule has 0 aliphatic heterocycles. The second kappa shape index (κ2) is 6.43. The summed E-state index contributed by atoms with van der Waals surface area (Å²) in [7, 11) is 3.19. The molecule has 2 rings (SSSR count). The van der Waals surface area contributed by atoms with Crippen molar-refractivity contribution in [2.45, 2.75) is 6.54 Å². The summed E-state index contributed by atoms with van der Waals surface area (Å²) >= 11 is 13.1. The standard InChI is InChI=1S/C13H12Cl2N2O2S/c1-17(7-8-4-3-5-9(14)6-8)13-16-11(15)10(20-13)12(18)19-2/h3-6H,7H2,1-2H3. The van der Waals surface area contributed by atoms with Crippen molar-refractivity contribution < 1.29 is 9.53 Å². The zero-order chi connectivity index (χ0) is 14.7. The monoisotopic (exact) mass is 330 g/mol. The van der Waals surface area contributed by atoms with Crippen LogP contribution in [0.1, 0.15) is 15.2 Å². The minimum atomic E-state index is -0.477. The second-order valence-corrected chi connectivity index (χ2v) is 5.87. The van der Waals surface area contributed by atoms with Crippen molar-refractivity contribution >= 4 is 45.6 Å². The Morgan fingerprint density at radius 3 is 2.85 bits per heavy atom. The summed E-state index contributed by atoms with van der Waals surface area (Å²) in [5.41, 5.74) is 1.05. The van der Waals surface area contributed by atoms with E-state index < -0.39 is 5.97 Å². The highest BCUT2D eigenvalue weighted by atomic mass is 35.5. The Kier molecular flexibility index (Phi) is 4.86. The Balaban J connectivity index is 2.17. The first-order valence-electron chi connectivity index (χ1n) is 5.71. The van der Waals surface area contributed by atoms with Crippen LogP contribution in [0.15, 0.2) is 24.3 Å². The van der Waals surface area contributed by atoms with Gasteiger partial charge in [0.05, 0.1) is 7.11 Å². The van der Waals surface area contributed by atoms with Crippen LogP contribution in [0.3, 0.4) is 0 Å². The number of methoxy groups -OCH3 is 1. The Morgan fingerprint density at radius 2 is 2.20 bits per heavy atom. The summed E-state index contributed by atoms with van der Waals surface area (Å²) in [6.45, 7) is 0.616. The maximum absolute atomic E-state index is 11.5. The largest absolute Gasteiger partial charge is 0.465 e. The van der Waals surface area contributed by atoms with E-state index in [9.17, 15) is 4.79 Å². The van der Waals surface area contributed by atoms with E-state index in [0.29, 0.717) is 21.6 Å². The van der Waals surface area contributed by atoms with Gasteiger partial charge in [0, 0.05) is 18.6 Å². The highest BCUT2D eigenvalue weighted by molar-refractivity contribution is 7.18. The number of hydrogen-bond donors (Lipinski definition) is 0. The van der Waals surface area contributed by atoms with Gasteiger partial charge in [-0.15, -0.1) is 0 Å². The number of rotatable bonds is 4. The lowest BCUT2D eigenvalue weighted by atomic mass is 10.2. The predicted molar refractivity (Wildman–Crippen MR) is 82.0 cm³/mol. The minimum absolute atomic E-state index is 0.162. The molecule has 0 atom stereocenters. The van der Waals surface area contributed by atoms with E-state index in [-0.39, 0.29) is 5.15 Å². The number of thiazole rings is 1. The van der Waals surface area contributed by atoms with Crippen molar-refractivity contribution in [1.29, 1.82) is 0 Å². The number of carbonyl (C=O) groups excluding carboxylic acids is 1. The fourth-order valence-corrected chi connectivity index (χ4v) is 3.02. The topological polar surface area (TPSA) is 42.4 Å². The van der Waals surface area contributed by atoms with Crippen LogP contribution in [0.5, 0.6) is 0 Å². The average molecular weight is 331 g/mol. The number of anilines is 1. The zero-order valence-electron chi connectivity index (χ0n) is 10.9. The third kappa shape index (κ3) is 3.42. The second-order valence-electron chi connectivity index (χ2n) is 4.09. The molecule has 0 bridgehead atoms. The van der Waals surface area contributed by atoms with Gasteiger partial charge in [-0.25, -0.2) is 9.78 Å². The summed E-state index contributed by atoms with van der Waals surface area (Å²) in [4.78, 5) is 17.9. The molecule has 1 heterocycles. The fourth-order valence-electron chi connectivity index (χ4n) is 1.65. The molecule has 0 unspecified atom stereocenters. The average Bonchev–Trinajstić information content (AvgIpc) is 2.80. The molecule has 0 saturated carbocycles. The molecule has 20 heavy (non-hydrogen) atoms. The Bertz CT molecular complexity index is 631. The van der Waals surface area contributed by atoms with Crippen LogP contribution in [0.2, 0.25) is 10.2 Å². The SMILES string of the molecule is COC(=O)c1sc(N(C)Cc2cccc(Cl)c2)nc1Cl. The van der Waals surface area contributed by atoms with Gasteiger partial charge in [-0.05, 0) is 17.7 Å². The Hall–Kier alpha value is -1.30. The molecule has 0 amide bonds. The van der Waals surface area contributed by atoms with Gasteiger partial charge >= 0.3 is 5.97 Å². The van der Waals surface area contributed by atoms with E-state index >= 15 is 0 Å². The van der Waals surface area contributed by atoms with Gasteiger partial charge in [0.2, 0.25) is 0 Å². The van der Waals surface area contributed by atoms with E-state index in [4.69, 9.17) is 23.2 Å². The summed E-state index contributed by atoms with van der Waals surface area (Å²) in [5.74, 6) is -0.477. The summed E-state index contributed by atoms with van der Waals surface area (Å²) in [6.07, 6.45) is 0. The van der Waals surface area contributed by atoms with Crippen molar-refractivity contribution in [3.63, 3.8) is 0 Å². The predicted octanol–water partition coefficient (Wildman–Crippen LogP) is 3.87. The van der Waals surface area contributed by atoms with Gasteiger partial charge in [0.15, 0.2) is 15.2 Å². The zero-order valence-corrected chi connectivity index (χ0v) is 13.2. The number of benzene rings is 1. The molecule has 1 aromatic heterocycles. The highest BCUT2D eigenvalue weighted by Gasteiger charge is 2.19. The lowest BCUT2D eigenvalue weighted by Gasteiger charge is -2.15. The third-order valence-corrected chi connectivity index (χ3v) is 4.35. The molecule has 0 spiro atoms. The number of hydrogen-bond acceptors (Lipinski definition) is 5. The van der Waals surface area contributed by atoms with Crippen molar-refractivity contribution in [2.75, 3.05) is 19.1 Å². The first-order chi connectivity index (χ1) is 9.51. The lowest BCUT2D eigenvalue weighted by Crippen LogP contribution is -2.15. The molecule has 106 valence electrons. The van der Waals surface area contributed by atoms with Gasteiger partial charge < -0.3 is 9.64 Å². The maximum atomic E-state index is 11.5. The molecule has 0 radical (unpaired) electrons. The van der Waals surface area contributed by atoms with Crippen LogP contribution in [-0.4, -0.2) is 25.1 Å². The first-order valence-corrected chi connectivity index (χ1v) is 7.28. The van der Waals surface area contributed by atoms with E-state index in [2.05, 4.69) is 9.72 Å². The molecule has 1 aromatic carbocycles. The molecule has 7 heteroatoms. The van der Waals surface area contributed by atoms with E-state index in [1.54, 1.807) is 0 Å². The Labute approximate surface area is 130 Å². The molecular formula is C13H12Cl2N2O2S. The molecule has 2 aromatic rings. The number of carbonyl (C=O) groups is 1. The minimum Gasteiger partial charge on any atom is -0.465 e. The van der Waals surface area contributed by atoms with Crippen molar-refractivity contribution in [2.24, 2.45) is 0 Å². The quantitative estimate of drug-likeness (QED) is 0.798. The van der Waals surface area contributed by atoms with Crippen molar-refractivity contribution in [1.82, 2.24) is 4.98 Å². The molecule has 0 saturated heterocycles. The van der Waals surface area contributed by atoms with Gasteiger partial charge in [-0.1, -0.05) is 46.7 Å². The molecular weight excluding hydrogens is 319 g/mol. The van der Waals surface area contributed by atoms with Crippen molar-refractivity contribution in [3.05, 3.63) is 44.9 Å². The molecule has 0 N–H and O–H groups in total. The summed E-state index contributed by atoms with van der Waals surface area (Å²) in [5, 5.41) is 1.49. The molecule has 0 aliphatic carbocycles.